The van der Waals surface area contributed by atoms with Crippen molar-refractivity contribution in [2.24, 2.45) is 0 Å². The molecule has 5 nitrogen and oxygen atoms in total. The van der Waals surface area contributed by atoms with E-state index in [2.05, 4.69) is 5.32 Å². The second-order valence-electron chi connectivity index (χ2n) is 3.97. The number of furan rings is 1. The molecule has 0 bridgehead atoms. The van der Waals surface area contributed by atoms with Gasteiger partial charge in [-0.05, 0) is 26.8 Å². The molecule has 0 saturated heterocycles. The van der Waals surface area contributed by atoms with Crippen molar-refractivity contribution < 1.29 is 19.1 Å². The molecule has 0 saturated carbocycles. The van der Waals surface area contributed by atoms with E-state index in [4.69, 9.17) is 14.3 Å². The van der Waals surface area contributed by atoms with Crippen LogP contribution < -0.4 is 5.32 Å². The van der Waals surface area contributed by atoms with Gasteiger partial charge in [0, 0.05) is 18.2 Å². The first-order chi connectivity index (χ1) is 8.04. The molecule has 1 unspecified atom stereocenters. The zero-order valence-electron chi connectivity index (χ0n) is 10.4. The van der Waals surface area contributed by atoms with Crippen LogP contribution in [0, 0.1) is 6.92 Å². The molecule has 0 fully saturated rings. The molecule has 5 heteroatoms. The van der Waals surface area contributed by atoms with Crippen LogP contribution in [0.2, 0.25) is 0 Å². The second kappa shape index (κ2) is 6.42. The SMILES string of the molecule is CCOCC(C)NCc1cc(C)c(C(=O)O)o1. The topological polar surface area (TPSA) is 71.7 Å². The summed E-state index contributed by atoms with van der Waals surface area (Å²) in [5.74, 6) is -0.390. The fraction of sp³-hybridized carbons (Fsp3) is 0.583. The third-order valence-electron chi connectivity index (χ3n) is 2.36. The number of rotatable bonds is 7. The Bertz CT molecular complexity index is 373. The van der Waals surface area contributed by atoms with Crippen LogP contribution in [-0.4, -0.2) is 30.3 Å². The summed E-state index contributed by atoms with van der Waals surface area (Å²) >= 11 is 0. The van der Waals surface area contributed by atoms with Crippen molar-refractivity contribution in [1.29, 1.82) is 0 Å². The Morgan fingerprint density at radius 3 is 2.88 bits per heavy atom. The number of carboxylic acid groups (broad SMARTS) is 1. The predicted molar refractivity (Wildman–Crippen MR) is 63.2 cm³/mol. The molecule has 0 aromatic carbocycles. The summed E-state index contributed by atoms with van der Waals surface area (Å²) in [5.41, 5.74) is 0.645. The quantitative estimate of drug-likeness (QED) is 0.761. The Hall–Kier alpha value is -1.33. The standard InChI is InChI=1S/C12H19NO4/c1-4-16-7-9(3)13-6-10-5-8(2)11(17-10)12(14)15/h5,9,13H,4,6-7H2,1-3H3,(H,14,15). The van der Waals surface area contributed by atoms with Crippen molar-refractivity contribution in [1.82, 2.24) is 5.32 Å². The van der Waals surface area contributed by atoms with Crippen molar-refractivity contribution in [3.8, 4) is 0 Å². The molecule has 1 atom stereocenters. The van der Waals surface area contributed by atoms with Crippen molar-refractivity contribution in [2.45, 2.75) is 33.4 Å². The first kappa shape index (κ1) is 13.7. The van der Waals surface area contributed by atoms with Gasteiger partial charge >= 0.3 is 5.97 Å². The fourth-order valence-electron chi connectivity index (χ4n) is 1.48. The predicted octanol–water partition coefficient (Wildman–Crippen LogP) is 1.80. The highest BCUT2D eigenvalue weighted by Crippen LogP contribution is 2.14. The molecule has 96 valence electrons. The van der Waals surface area contributed by atoms with E-state index < -0.39 is 5.97 Å². The van der Waals surface area contributed by atoms with Gasteiger partial charge in [0.15, 0.2) is 0 Å². The maximum atomic E-state index is 10.8. The minimum Gasteiger partial charge on any atom is -0.475 e. The third kappa shape index (κ3) is 4.20. The molecule has 0 aliphatic heterocycles. The second-order valence-corrected chi connectivity index (χ2v) is 3.97. The van der Waals surface area contributed by atoms with Crippen molar-refractivity contribution in [3.05, 3.63) is 23.2 Å². The summed E-state index contributed by atoms with van der Waals surface area (Å²) in [6.45, 7) is 7.49. The highest BCUT2D eigenvalue weighted by molar-refractivity contribution is 5.86. The Balaban J connectivity index is 2.47. The summed E-state index contributed by atoms with van der Waals surface area (Å²) in [7, 11) is 0. The summed E-state index contributed by atoms with van der Waals surface area (Å²) < 4.78 is 10.5. The third-order valence-corrected chi connectivity index (χ3v) is 2.36. The normalized spacial score (nSPS) is 12.6. The summed E-state index contributed by atoms with van der Waals surface area (Å²) in [6.07, 6.45) is 0. The van der Waals surface area contributed by atoms with Crippen LogP contribution in [0.15, 0.2) is 10.5 Å². The van der Waals surface area contributed by atoms with Crippen LogP contribution in [0.3, 0.4) is 0 Å². The van der Waals surface area contributed by atoms with E-state index in [-0.39, 0.29) is 11.8 Å². The van der Waals surface area contributed by atoms with Crippen molar-refractivity contribution >= 4 is 5.97 Å². The number of carboxylic acids is 1. The highest BCUT2D eigenvalue weighted by Gasteiger charge is 2.14. The molecule has 1 aromatic rings. The van der Waals surface area contributed by atoms with Gasteiger partial charge in [-0.3, -0.25) is 0 Å². The molecule has 0 aliphatic carbocycles. The maximum Gasteiger partial charge on any atom is 0.372 e. The number of ether oxygens (including phenoxy) is 1. The first-order valence-electron chi connectivity index (χ1n) is 5.68. The van der Waals surface area contributed by atoms with E-state index in [1.54, 1.807) is 13.0 Å². The average Bonchev–Trinajstić information content (AvgIpc) is 2.65. The van der Waals surface area contributed by atoms with Gasteiger partial charge in [-0.25, -0.2) is 4.79 Å². The van der Waals surface area contributed by atoms with Crippen molar-refractivity contribution in [3.63, 3.8) is 0 Å². The van der Waals surface area contributed by atoms with E-state index in [0.29, 0.717) is 31.1 Å². The maximum absolute atomic E-state index is 10.8. The average molecular weight is 241 g/mol. The van der Waals surface area contributed by atoms with E-state index in [1.165, 1.54) is 0 Å². The number of hydrogen-bond donors (Lipinski definition) is 2. The van der Waals surface area contributed by atoms with Crippen LogP contribution >= 0.6 is 0 Å². The lowest BCUT2D eigenvalue weighted by Crippen LogP contribution is -2.29. The van der Waals surface area contributed by atoms with Crippen LogP contribution in [0.25, 0.3) is 0 Å². The number of hydrogen-bond acceptors (Lipinski definition) is 4. The van der Waals surface area contributed by atoms with Crippen LogP contribution in [0.1, 0.15) is 35.7 Å². The van der Waals surface area contributed by atoms with Crippen LogP contribution in [0.5, 0.6) is 0 Å². The molecule has 1 heterocycles. The van der Waals surface area contributed by atoms with Gasteiger partial charge in [-0.2, -0.15) is 0 Å². The van der Waals surface area contributed by atoms with Crippen molar-refractivity contribution in [2.75, 3.05) is 13.2 Å². The lowest BCUT2D eigenvalue weighted by atomic mass is 10.2. The zero-order chi connectivity index (χ0) is 12.8. The minimum atomic E-state index is -1.03. The van der Waals surface area contributed by atoms with E-state index in [0.717, 1.165) is 0 Å². The van der Waals surface area contributed by atoms with E-state index in [9.17, 15) is 4.79 Å². The molecule has 1 aromatic heterocycles. The molecule has 2 N–H and O–H groups in total. The van der Waals surface area contributed by atoms with Gasteiger partial charge in [-0.15, -0.1) is 0 Å². The Morgan fingerprint density at radius 2 is 2.35 bits per heavy atom. The first-order valence-corrected chi connectivity index (χ1v) is 5.68. The van der Waals surface area contributed by atoms with Gasteiger partial charge in [0.25, 0.3) is 0 Å². The molecule has 0 amide bonds. The Kier molecular flexibility index (Phi) is 5.18. The van der Waals surface area contributed by atoms with Gasteiger partial charge in [0.2, 0.25) is 5.76 Å². The monoisotopic (exact) mass is 241 g/mol. The highest BCUT2D eigenvalue weighted by atomic mass is 16.5. The molecule has 0 spiro atoms. The number of aryl methyl sites for hydroxylation is 1. The summed E-state index contributed by atoms with van der Waals surface area (Å²) in [5, 5.41) is 12.0. The minimum absolute atomic E-state index is 0.0132. The Labute approximate surface area is 101 Å². The molecule has 17 heavy (non-hydrogen) atoms. The van der Waals surface area contributed by atoms with E-state index >= 15 is 0 Å². The largest absolute Gasteiger partial charge is 0.475 e. The van der Waals surface area contributed by atoms with Gasteiger partial charge in [0.1, 0.15) is 5.76 Å². The molecule has 1 rings (SSSR count). The van der Waals surface area contributed by atoms with Gasteiger partial charge in [0.05, 0.1) is 13.2 Å². The molecular formula is C12H19NO4. The molecule has 0 radical (unpaired) electrons. The summed E-state index contributed by atoms with van der Waals surface area (Å²) in [6, 6.07) is 1.94. The van der Waals surface area contributed by atoms with E-state index in [1.807, 2.05) is 13.8 Å². The van der Waals surface area contributed by atoms with Crippen LogP contribution in [-0.2, 0) is 11.3 Å². The smallest absolute Gasteiger partial charge is 0.372 e. The lowest BCUT2D eigenvalue weighted by molar-refractivity contribution is 0.0658. The molecule has 0 aliphatic rings. The lowest BCUT2D eigenvalue weighted by Gasteiger charge is -2.12. The number of carbonyl (C=O) groups is 1. The number of nitrogens with one attached hydrogen (secondary N) is 1. The fourth-order valence-corrected chi connectivity index (χ4v) is 1.48. The van der Waals surface area contributed by atoms with Gasteiger partial charge < -0.3 is 19.6 Å². The number of aromatic carboxylic acids is 1. The summed E-state index contributed by atoms with van der Waals surface area (Å²) in [4.78, 5) is 10.8. The Morgan fingerprint density at radius 1 is 1.65 bits per heavy atom. The van der Waals surface area contributed by atoms with Gasteiger partial charge in [-0.1, -0.05) is 0 Å². The molecular weight excluding hydrogens is 222 g/mol. The zero-order valence-corrected chi connectivity index (χ0v) is 10.4. The van der Waals surface area contributed by atoms with Crippen LogP contribution in [0.4, 0.5) is 0 Å².